The molecule has 2 fully saturated rings. The Labute approximate surface area is 175 Å². The summed E-state index contributed by atoms with van der Waals surface area (Å²) in [6, 6.07) is 21.3. The Balaban J connectivity index is 1.51. The number of piperazine rings is 1. The van der Waals surface area contributed by atoms with Crippen molar-refractivity contribution in [1.82, 2.24) is 13.5 Å². The predicted octanol–water partition coefficient (Wildman–Crippen LogP) is 3.51. The molecule has 4 rings (SSSR count). The maximum atomic E-state index is 13.2. The van der Waals surface area contributed by atoms with Gasteiger partial charge in [-0.05, 0) is 30.9 Å². The van der Waals surface area contributed by atoms with Crippen molar-refractivity contribution in [2.45, 2.75) is 38.3 Å². The van der Waals surface area contributed by atoms with E-state index in [1.165, 1.54) is 11.1 Å². The van der Waals surface area contributed by atoms with Gasteiger partial charge in [0.1, 0.15) is 0 Å². The summed E-state index contributed by atoms with van der Waals surface area (Å²) in [6.07, 6.45) is 3.05. The van der Waals surface area contributed by atoms with Gasteiger partial charge in [0.15, 0.2) is 0 Å². The quantitative estimate of drug-likeness (QED) is 0.753. The highest BCUT2D eigenvalue weighted by molar-refractivity contribution is 7.86. The summed E-state index contributed by atoms with van der Waals surface area (Å²) in [5.41, 5.74) is 2.50. The van der Waals surface area contributed by atoms with Crippen molar-refractivity contribution in [3.05, 3.63) is 71.8 Å². The van der Waals surface area contributed by atoms with Crippen LogP contribution < -0.4 is 0 Å². The van der Waals surface area contributed by atoms with E-state index in [4.69, 9.17) is 0 Å². The molecule has 0 amide bonds. The number of hydrogen-bond donors (Lipinski definition) is 0. The van der Waals surface area contributed by atoms with Crippen molar-refractivity contribution in [2.24, 2.45) is 0 Å². The summed E-state index contributed by atoms with van der Waals surface area (Å²) in [6.45, 7) is 5.24. The number of piperidine rings is 1. The van der Waals surface area contributed by atoms with Gasteiger partial charge in [0.05, 0.1) is 6.04 Å². The average molecular weight is 414 g/mol. The molecule has 0 aliphatic carbocycles. The molecule has 0 bridgehead atoms. The summed E-state index contributed by atoms with van der Waals surface area (Å²) in [7, 11) is -3.37. The maximum Gasteiger partial charge on any atom is 0.282 e. The monoisotopic (exact) mass is 413 g/mol. The second-order valence-corrected chi connectivity index (χ2v) is 10.0. The van der Waals surface area contributed by atoms with Crippen LogP contribution in [0.4, 0.5) is 0 Å². The van der Waals surface area contributed by atoms with Gasteiger partial charge in [0.2, 0.25) is 0 Å². The minimum absolute atomic E-state index is 0.105. The lowest BCUT2D eigenvalue weighted by molar-refractivity contribution is 0.145. The molecule has 0 N–H and O–H groups in total. The molecule has 0 aromatic heterocycles. The molecule has 0 radical (unpaired) electrons. The van der Waals surface area contributed by atoms with E-state index in [2.05, 4.69) is 53.4 Å². The van der Waals surface area contributed by atoms with E-state index in [0.29, 0.717) is 19.6 Å². The Morgan fingerprint density at radius 3 is 1.86 bits per heavy atom. The first-order valence-electron chi connectivity index (χ1n) is 10.7. The highest BCUT2D eigenvalue weighted by Crippen LogP contribution is 2.30. The highest BCUT2D eigenvalue weighted by atomic mass is 32.2. The Morgan fingerprint density at radius 1 is 0.793 bits per heavy atom. The van der Waals surface area contributed by atoms with Gasteiger partial charge < -0.3 is 0 Å². The molecule has 0 spiro atoms. The van der Waals surface area contributed by atoms with Crippen LogP contribution in [0.1, 0.15) is 43.4 Å². The summed E-state index contributed by atoms with van der Waals surface area (Å²) >= 11 is 0. The van der Waals surface area contributed by atoms with Crippen LogP contribution in [-0.4, -0.2) is 60.7 Å². The molecule has 1 atom stereocenters. The van der Waals surface area contributed by atoms with Crippen LogP contribution in [0.25, 0.3) is 0 Å². The van der Waals surface area contributed by atoms with Gasteiger partial charge in [-0.25, -0.2) is 0 Å². The molecule has 2 aromatic rings. The van der Waals surface area contributed by atoms with E-state index in [9.17, 15) is 8.42 Å². The zero-order valence-electron chi connectivity index (χ0n) is 17.2. The van der Waals surface area contributed by atoms with Crippen LogP contribution in [0.3, 0.4) is 0 Å². The molecule has 1 unspecified atom stereocenters. The first-order valence-corrected chi connectivity index (χ1v) is 12.1. The Morgan fingerprint density at radius 2 is 1.34 bits per heavy atom. The molecule has 2 heterocycles. The van der Waals surface area contributed by atoms with Gasteiger partial charge in [-0.15, -0.1) is 0 Å². The fraction of sp³-hybridized carbons (Fsp3) is 0.478. The molecule has 2 aliphatic rings. The predicted molar refractivity (Wildman–Crippen MR) is 117 cm³/mol. The van der Waals surface area contributed by atoms with Crippen LogP contribution in [0.5, 0.6) is 0 Å². The molecule has 2 aliphatic heterocycles. The number of hydrogen-bond acceptors (Lipinski definition) is 3. The van der Waals surface area contributed by atoms with Gasteiger partial charge in [-0.2, -0.15) is 17.0 Å². The van der Waals surface area contributed by atoms with Crippen LogP contribution in [0, 0.1) is 0 Å². The normalized spacial score (nSPS) is 22.8. The Bertz CT molecular complexity index is 841. The van der Waals surface area contributed by atoms with Gasteiger partial charge in [0.25, 0.3) is 10.2 Å². The van der Waals surface area contributed by atoms with E-state index in [-0.39, 0.29) is 12.1 Å². The molecule has 29 heavy (non-hydrogen) atoms. The fourth-order valence-electron chi connectivity index (χ4n) is 4.64. The second kappa shape index (κ2) is 8.96. The van der Waals surface area contributed by atoms with E-state index in [0.717, 1.165) is 32.4 Å². The van der Waals surface area contributed by atoms with Gasteiger partial charge in [-0.3, -0.25) is 4.90 Å². The lowest BCUT2D eigenvalue weighted by Crippen LogP contribution is -2.56. The SMILES string of the molecule is CC1CCCCN1S(=O)(=O)N1CCN(C(c2ccccc2)c2ccccc2)CC1. The highest BCUT2D eigenvalue weighted by Gasteiger charge is 2.37. The number of nitrogens with zero attached hydrogens (tertiary/aromatic N) is 3. The lowest BCUT2D eigenvalue weighted by atomic mass is 9.96. The molecule has 0 saturated carbocycles. The Hall–Kier alpha value is -1.73. The Kier molecular flexibility index (Phi) is 6.35. The summed E-state index contributed by atoms with van der Waals surface area (Å²) in [4.78, 5) is 2.41. The van der Waals surface area contributed by atoms with Gasteiger partial charge >= 0.3 is 0 Å². The zero-order valence-corrected chi connectivity index (χ0v) is 18.0. The van der Waals surface area contributed by atoms with Crippen molar-refractivity contribution in [2.75, 3.05) is 32.7 Å². The number of rotatable bonds is 5. The summed E-state index contributed by atoms with van der Waals surface area (Å²) in [5, 5.41) is 0. The minimum Gasteiger partial charge on any atom is -0.290 e. The van der Waals surface area contributed by atoms with E-state index < -0.39 is 10.2 Å². The average Bonchev–Trinajstić information content (AvgIpc) is 2.76. The minimum atomic E-state index is -3.37. The number of benzene rings is 2. The second-order valence-electron chi connectivity index (χ2n) is 8.12. The van der Waals surface area contributed by atoms with Crippen LogP contribution in [-0.2, 0) is 10.2 Å². The molecule has 156 valence electrons. The van der Waals surface area contributed by atoms with Crippen molar-refractivity contribution in [3.8, 4) is 0 Å². The van der Waals surface area contributed by atoms with Gasteiger partial charge in [-0.1, -0.05) is 67.1 Å². The lowest BCUT2D eigenvalue weighted by Gasteiger charge is -2.42. The first kappa shape index (κ1) is 20.5. The van der Waals surface area contributed by atoms with E-state index in [1.807, 2.05) is 19.1 Å². The van der Waals surface area contributed by atoms with Crippen molar-refractivity contribution in [3.63, 3.8) is 0 Å². The smallest absolute Gasteiger partial charge is 0.282 e. The van der Waals surface area contributed by atoms with E-state index in [1.54, 1.807) is 8.61 Å². The zero-order chi connectivity index (χ0) is 20.3. The van der Waals surface area contributed by atoms with Crippen LogP contribution >= 0.6 is 0 Å². The molecular weight excluding hydrogens is 382 g/mol. The largest absolute Gasteiger partial charge is 0.290 e. The summed E-state index contributed by atoms with van der Waals surface area (Å²) < 4.78 is 29.8. The van der Waals surface area contributed by atoms with Crippen molar-refractivity contribution >= 4 is 10.2 Å². The van der Waals surface area contributed by atoms with Crippen molar-refractivity contribution < 1.29 is 8.42 Å². The standard InChI is InChI=1S/C23H31N3O2S/c1-20-10-8-9-15-26(20)29(27,28)25-18-16-24(17-19-25)23(21-11-4-2-5-12-21)22-13-6-3-7-14-22/h2-7,11-14,20,23H,8-10,15-19H2,1H3. The summed E-state index contributed by atoms with van der Waals surface area (Å²) in [5.74, 6) is 0. The molecule has 2 aromatic carbocycles. The first-order chi connectivity index (χ1) is 14.1. The van der Waals surface area contributed by atoms with Crippen LogP contribution in [0.2, 0.25) is 0 Å². The van der Waals surface area contributed by atoms with Crippen molar-refractivity contribution in [1.29, 1.82) is 0 Å². The third kappa shape index (κ3) is 4.40. The molecule has 2 saturated heterocycles. The van der Waals surface area contributed by atoms with Gasteiger partial charge in [0, 0.05) is 38.8 Å². The van der Waals surface area contributed by atoms with Crippen LogP contribution in [0.15, 0.2) is 60.7 Å². The topological polar surface area (TPSA) is 43.9 Å². The molecular formula is C23H31N3O2S. The fourth-order valence-corrected chi connectivity index (χ4v) is 6.48. The molecule has 6 heteroatoms. The third-order valence-electron chi connectivity index (χ3n) is 6.23. The third-order valence-corrected chi connectivity index (χ3v) is 8.39. The maximum absolute atomic E-state index is 13.2. The molecule has 5 nitrogen and oxygen atoms in total. The van der Waals surface area contributed by atoms with E-state index >= 15 is 0 Å².